The van der Waals surface area contributed by atoms with Gasteiger partial charge in [0, 0.05) is 12.7 Å². The lowest BCUT2D eigenvalue weighted by atomic mass is 10.1. The number of hydrogen-bond donors (Lipinski definition) is 3. The molecule has 0 radical (unpaired) electrons. The first kappa shape index (κ1) is 18.4. The summed E-state index contributed by atoms with van der Waals surface area (Å²) in [7, 11) is 1.45. The fourth-order valence-corrected chi connectivity index (χ4v) is 3.25. The molecule has 3 aromatic rings. The summed E-state index contributed by atoms with van der Waals surface area (Å²) >= 11 is 0. The number of anilines is 1. The standard InChI is InChI=1S/C18H19N5O5/c1-27-14-13(25)11(7-24)28-18(14)23-9-21-12-15(19-8-20-16(12)23)22-17(26)10-5-3-2-4-6-10/h2-6,8-9,11,13-14,18,24-25H,7H2,1H3,(H,19,20,22,26). The van der Waals surface area contributed by atoms with Crippen molar-refractivity contribution in [3.63, 3.8) is 0 Å². The van der Waals surface area contributed by atoms with Gasteiger partial charge in [-0.05, 0) is 12.1 Å². The number of nitrogens with one attached hydrogen (secondary N) is 1. The molecule has 2 aromatic heterocycles. The Morgan fingerprint density at radius 1 is 1.29 bits per heavy atom. The van der Waals surface area contributed by atoms with Crippen LogP contribution in [0.2, 0.25) is 0 Å². The van der Waals surface area contributed by atoms with Crippen molar-refractivity contribution in [1.82, 2.24) is 19.5 Å². The van der Waals surface area contributed by atoms with Gasteiger partial charge in [-0.2, -0.15) is 0 Å². The fraction of sp³-hybridized carbons (Fsp3) is 0.333. The van der Waals surface area contributed by atoms with E-state index in [1.165, 1.54) is 19.8 Å². The topological polar surface area (TPSA) is 132 Å². The number of fused-ring (bicyclic) bond motifs is 1. The molecule has 1 fully saturated rings. The van der Waals surface area contributed by atoms with Crippen LogP contribution in [0.25, 0.3) is 11.2 Å². The monoisotopic (exact) mass is 385 g/mol. The molecule has 1 aliphatic heterocycles. The Hall–Kier alpha value is -2.92. The van der Waals surface area contributed by atoms with Crippen molar-refractivity contribution in [3.05, 3.63) is 48.5 Å². The molecule has 0 aliphatic carbocycles. The van der Waals surface area contributed by atoms with Gasteiger partial charge < -0.3 is 25.0 Å². The number of ether oxygens (including phenoxy) is 2. The smallest absolute Gasteiger partial charge is 0.256 e. The molecule has 28 heavy (non-hydrogen) atoms. The molecule has 0 bridgehead atoms. The van der Waals surface area contributed by atoms with E-state index in [0.29, 0.717) is 16.7 Å². The molecule has 0 spiro atoms. The third-order valence-electron chi connectivity index (χ3n) is 4.67. The Balaban J connectivity index is 1.66. The number of aromatic nitrogens is 4. The van der Waals surface area contributed by atoms with Gasteiger partial charge in [0.15, 0.2) is 23.2 Å². The Morgan fingerprint density at radius 3 is 2.79 bits per heavy atom. The number of nitrogens with zero attached hydrogens (tertiary/aromatic N) is 4. The van der Waals surface area contributed by atoms with E-state index in [0.717, 1.165) is 0 Å². The van der Waals surface area contributed by atoms with Crippen LogP contribution in [0.15, 0.2) is 43.0 Å². The number of aliphatic hydroxyl groups excluding tert-OH is 2. The van der Waals surface area contributed by atoms with Gasteiger partial charge in [-0.1, -0.05) is 18.2 Å². The molecule has 1 amide bonds. The predicted molar refractivity (Wildman–Crippen MR) is 97.5 cm³/mol. The third-order valence-corrected chi connectivity index (χ3v) is 4.67. The number of carbonyl (C=O) groups excluding carboxylic acids is 1. The Kier molecular flexibility index (Phi) is 5.01. The zero-order valence-corrected chi connectivity index (χ0v) is 15.0. The molecule has 3 heterocycles. The first-order chi connectivity index (χ1) is 13.6. The highest BCUT2D eigenvalue weighted by atomic mass is 16.6. The maximum absolute atomic E-state index is 12.4. The van der Waals surface area contributed by atoms with Gasteiger partial charge in [-0.25, -0.2) is 15.0 Å². The van der Waals surface area contributed by atoms with Crippen LogP contribution in [0.4, 0.5) is 5.82 Å². The maximum atomic E-state index is 12.4. The molecule has 146 valence electrons. The van der Waals surface area contributed by atoms with Crippen molar-refractivity contribution >= 4 is 22.9 Å². The van der Waals surface area contributed by atoms with Crippen molar-refractivity contribution in [2.75, 3.05) is 19.0 Å². The minimum atomic E-state index is -1.00. The van der Waals surface area contributed by atoms with E-state index in [-0.39, 0.29) is 18.3 Å². The van der Waals surface area contributed by atoms with Crippen molar-refractivity contribution in [1.29, 1.82) is 0 Å². The summed E-state index contributed by atoms with van der Waals surface area (Å²) in [5, 5.41) is 22.4. The molecule has 4 unspecified atom stereocenters. The van der Waals surface area contributed by atoms with Gasteiger partial charge >= 0.3 is 0 Å². The molecular formula is C18H19N5O5. The lowest BCUT2D eigenvalue weighted by Gasteiger charge is -2.19. The largest absolute Gasteiger partial charge is 0.394 e. The van der Waals surface area contributed by atoms with Crippen LogP contribution < -0.4 is 5.32 Å². The molecule has 4 atom stereocenters. The summed E-state index contributed by atoms with van der Waals surface area (Å²) in [6.45, 7) is -0.350. The summed E-state index contributed by atoms with van der Waals surface area (Å²) in [6.07, 6.45) is -0.469. The summed E-state index contributed by atoms with van der Waals surface area (Å²) in [4.78, 5) is 25.1. The van der Waals surface area contributed by atoms with Crippen molar-refractivity contribution < 1.29 is 24.5 Å². The van der Waals surface area contributed by atoms with Gasteiger partial charge in [0.1, 0.15) is 24.6 Å². The SMILES string of the molecule is COC1C(O)C(CO)OC1n1cnc2c(NC(=O)c3ccccc3)ncnc21. The fourth-order valence-electron chi connectivity index (χ4n) is 3.25. The van der Waals surface area contributed by atoms with Gasteiger partial charge in [0.2, 0.25) is 0 Å². The number of imidazole rings is 1. The van der Waals surface area contributed by atoms with Gasteiger partial charge in [-0.15, -0.1) is 0 Å². The van der Waals surface area contributed by atoms with Crippen LogP contribution in [0, 0.1) is 0 Å². The highest BCUT2D eigenvalue weighted by molar-refractivity contribution is 6.06. The maximum Gasteiger partial charge on any atom is 0.256 e. The van der Waals surface area contributed by atoms with Crippen molar-refractivity contribution in [2.45, 2.75) is 24.5 Å². The van der Waals surface area contributed by atoms with Crippen LogP contribution in [0.5, 0.6) is 0 Å². The zero-order chi connectivity index (χ0) is 19.7. The number of hydrogen-bond acceptors (Lipinski definition) is 8. The summed E-state index contributed by atoms with van der Waals surface area (Å²) < 4.78 is 12.7. The average Bonchev–Trinajstić information content (AvgIpc) is 3.29. The molecule has 1 saturated heterocycles. The predicted octanol–water partition coefficient (Wildman–Crippen LogP) is 0.344. The molecular weight excluding hydrogens is 366 g/mol. The Morgan fingerprint density at radius 2 is 2.07 bits per heavy atom. The molecule has 3 N–H and O–H groups in total. The van der Waals surface area contributed by atoms with Gasteiger partial charge in [-0.3, -0.25) is 9.36 Å². The number of amides is 1. The first-order valence-electron chi connectivity index (χ1n) is 8.65. The van der Waals surface area contributed by atoms with Crippen molar-refractivity contribution in [3.8, 4) is 0 Å². The summed E-state index contributed by atoms with van der Waals surface area (Å²) in [6, 6.07) is 8.74. The van der Waals surface area contributed by atoms with Crippen molar-refractivity contribution in [2.24, 2.45) is 0 Å². The highest BCUT2D eigenvalue weighted by Crippen LogP contribution is 2.33. The van der Waals surface area contributed by atoms with Crippen LogP contribution in [-0.4, -0.2) is 67.7 Å². The van der Waals surface area contributed by atoms with Gasteiger partial charge in [0.05, 0.1) is 12.9 Å². The third kappa shape index (κ3) is 3.12. The summed E-state index contributed by atoms with van der Waals surface area (Å²) in [5.74, 6) is -0.0679. The Bertz CT molecular complexity index is 979. The molecule has 10 heteroatoms. The average molecular weight is 385 g/mol. The van der Waals surface area contributed by atoms with Crippen LogP contribution in [0.1, 0.15) is 16.6 Å². The second-order valence-corrected chi connectivity index (χ2v) is 6.31. The molecule has 0 saturated carbocycles. The molecule has 1 aromatic carbocycles. The lowest BCUT2D eigenvalue weighted by Crippen LogP contribution is -2.34. The van der Waals surface area contributed by atoms with E-state index < -0.39 is 24.5 Å². The van der Waals surface area contributed by atoms with E-state index in [1.54, 1.807) is 28.8 Å². The minimum Gasteiger partial charge on any atom is -0.394 e. The van der Waals surface area contributed by atoms with Crippen LogP contribution >= 0.6 is 0 Å². The number of rotatable bonds is 5. The molecule has 10 nitrogen and oxygen atoms in total. The van der Waals surface area contributed by atoms with E-state index in [9.17, 15) is 15.0 Å². The Labute approximate surface area is 159 Å². The number of benzene rings is 1. The number of methoxy groups -OCH3 is 1. The van der Waals surface area contributed by atoms with E-state index in [4.69, 9.17) is 9.47 Å². The summed E-state index contributed by atoms with van der Waals surface area (Å²) in [5.41, 5.74) is 1.25. The van der Waals surface area contributed by atoms with E-state index >= 15 is 0 Å². The normalized spacial score (nSPS) is 24.5. The lowest BCUT2D eigenvalue weighted by molar-refractivity contribution is -0.0583. The quantitative estimate of drug-likeness (QED) is 0.573. The van der Waals surface area contributed by atoms with Crippen LogP contribution in [0.3, 0.4) is 0 Å². The second kappa shape index (κ2) is 7.60. The van der Waals surface area contributed by atoms with E-state index in [1.807, 2.05) is 6.07 Å². The minimum absolute atomic E-state index is 0.254. The molecule has 1 aliphatic rings. The number of carbonyl (C=O) groups is 1. The van der Waals surface area contributed by atoms with Gasteiger partial charge in [0.25, 0.3) is 5.91 Å². The van der Waals surface area contributed by atoms with Crippen LogP contribution in [-0.2, 0) is 9.47 Å². The first-order valence-corrected chi connectivity index (χ1v) is 8.65. The highest BCUT2D eigenvalue weighted by Gasteiger charge is 2.45. The zero-order valence-electron chi connectivity index (χ0n) is 15.0. The molecule has 4 rings (SSSR count). The second-order valence-electron chi connectivity index (χ2n) is 6.31. The van der Waals surface area contributed by atoms with E-state index in [2.05, 4.69) is 20.3 Å². The number of aliphatic hydroxyl groups is 2.